The van der Waals surface area contributed by atoms with Crippen molar-refractivity contribution >= 4 is 21.4 Å². The van der Waals surface area contributed by atoms with E-state index in [0.717, 1.165) is 12.1 Å². The van der Waals surface area contributed by atoms with Crippen LogP contribution in [-0.2, 0) is 23.6 Å². The Labute approximate surface area is 120 Å². The van der Waals surface area contributed by atoms with Crippen molar-refractivity contribution in [3.05, 3.63) is 46.3 Å². The molecule has 2 rings (SSSR count). The van der Waals surface area contributed by atoms with Crippen LogP contribution in [0.2, 0.25) is 0 Å². The summed E-state index contributed by atoms with van der Waals surface area (Å²) in [6, 6.07) is 5.06. The minimum absolute atomic E-state index is 0.0274. The van der Waals surface area contributed by atoms with E-state index in [4.69, 9.17) is 5.73 Å². The highest BCUT2D eigenvalue weighted by Crippen LogP contribution is 2.25. The maximum atomic E-state index is 12.2. The molecule has 1 aromatic heterocycles. The zero-order valence-electron chi connectivity index (χ0n) is 11.1. The van der Waals surface area contributed by atoms with E-state index in [0.29, 0.717) is 5.69 Å². The van der Waals surface area contributed by atoms with Crippen LogP contribution >= 0.6 is 0 Å². The molecule has 0 radical (unpaired) electrons. The number of aryl methyl sites for hydroxylation is 1. The van der Waals surface area contributed by atoms with Crippen LogP contribution in [0.4, 0.5) is 11.4 Å². The van der Waals surface area contributed by atoms with Gasteiger partial charge in [-0.1, -0.05) is 0 Å². The molecule has 0 atom stereocenters. The molecule has 2 aromatic rings. The van der Waals surface area contributed by atoms with Crippen molar-refractivity contribution in [3.63, 3.8) is 0 Å². The molecule has 0 fully saturated rings. The lowest BCUT2D eigenvalue weighted by molar-refractivity contribution is -0.387. The summed E-state index contributed by atoms with van der Waals surface area (Å²) in [5.41, 5.74) is 5.63. The molecular weight excluding hydrogens is 298 g/mol. The Balaban J connectivity index is 2.32. The summed E-state index contributed by atoms with van der Waals surface area (Å²) in [5, 5.41) is 14.9. The molecule has 0 saturated carbocycles. The maximum Gasteiger partial charge on any atom is 0.291 e. The number of nitrogens with zero attached hydrogens (tertiary/aromatic N) is 3. The minimum atomic E-state index is -4.03. The third-order valence-electron chi connectivity index (χ3n) is 2.83. The van der Waals surface area contributed by atoms with Crippen molar-refractivity contribution in [1.82, 2.24) is 14.5 Å². The Morgan fingerprint density at radius 1 is 1.43 bits per heavy atom. The van der Waals surface area contributed by atoms with Crippen molar-refractivity contribution < 1.29 is 13.3 Å². The van der Waals surface area contributed by atoms with Gasteiger partial charge < -0.3 is 5.73 Å². The predicted octanol–water partition coefficient (Wildman–Crippen LogP) is 0.389. The number of nitro groups is 1. The molecule has 1 aromatic carbocycles. The number of hydrogen-bond donors (Lipinski definition) is 2. The normalized spacial score (nSPS) is 11.5. The van der Waals surface area contributed by atoms with Gasteiger partial charge >= 0.3 is 0 Å². The SMILES string of the molecule is Cn1nccc1CNS(=O)(=O)c1ccc(N)cc1[N+](=O)[O-]. The topological polar surface area (TPSA) is 133 Å². The van der Waals surface area contributed by atoms with Crippen molar-refractivity contribution in [2.45, 2.75) is 11.4 Å². The number of nitrogens with two attached hydrogens (primary N) is 1. The highest BCUT2D eigenvalue weighted by atomic mass is 32.2. The summed E-state index contributed by atoms with van der Waals surface area (Å²) < 4.78 is 28.2. The van der Waals surface area contributed by atoms with Gasteiger partial charge in [0.05, 0.1) is 17.2 Å². The van der Waals surface area contributed by atoms with E-state index in [1.54, 1.807) is 13.1 Å². The molecule has 0 spiro atoms. The Morgan fingerprint density at radius 2 is 2.14 bits per heavy atom. The van der Waals surface area contributed by atoms with Gasteiger partial charge in [-0.15, -0.1) is 0 Å². The van der Waals surface area contributed by atoms with Crippen LogP contribution in [0.1, 0.15) is 5.69 Å². The van der Waals surface area contributed by atoms with Crippen LogP contribution in [-0.4, -0.2) is 23.1 Å². The van der Waals surface area contributed by atoms with E-state index in [1.807, 2.05) is 0 Å². The molecule has 3 N–H and O–H groups in total. The summed E-state index contributed by atoms with van der Waals surface area (Å²) in [5.74, 6) is 0. The van der Waals surface area contributed by atoms with Crippen molar-refractivity contribution in [2.24, 2.45) is 7.05 Å². The average molecular weight is 311 g/mol. The second-order valence-electron chi connectivity index (χ2n) is 4.25. The Kier molecular flexibility index (Phi) is 3.91. The molecule has 10 heteroatoms. The standard InChI is InChI=1S/C11H13N5O4S/c1-15-9(4-5-13-15)7-14-21(19,20)11-3-2-8(12)6-10(11)16(17)18/h2-6,14H,7,12H2,1H3. The van der Waals surface area contributed by atoms with E-state index in [9.17, 15) is 18.5 Å². The fourth-order valence-corrected chi connectivity index (χ4v) is 2.88. The second kappa shape index (κ2) is 5.50. The molecular formula is C11H13N5O4S. The third kappa shape index (κ3) is 3.17. The van der Waals surface area contributed by atoms with Gasteiger partial charge in [0.25, 0.3) is 5.69 Å². The summed E-state index contributed by atoms with van der Waals surface area (Å²) in [6.45, 7) is -0.0274. The Bertz CT molecular complexity index is 784. The fraction of sp³-hybridized carbons (Fsp3) is 0.182. The highest BCUT2D eigenvalue weighted by molar-refractivity contribution is 7.89. The van der Waals surface area contributed by atoms with E-state index in [1.165, 1.54) is 16.9 Å². The fourth-order valence-electron chi connectivity index (χ4n) is 1.73. The molecule has 0 bridgehead atoms. The molecule has 0 saturated heterocycles. The number of aromatic nitrogens is 2. The van der Waals surface area contributed by atoms with Crippen LogP contribution in [0, 0.1) is 10.1 Å². The second-order valence-corrected chi connectivity index (χ2v) is 5.99. The number of nitrogen functional groups attached to an aromatic ring is 1. The first-order valence-electron chi connectivity index (χ1n) is 5.82. The summed E-state index contributed by atoms with van der Waals surface area (Å²) >= 11 is 0. The van der Waals surface area contributed by atoms with Gasteiger partial charge in [-0.05, 0) is 18.2 Å². The molecule has 1 heterocycles. The predicted molar refractivity (Wildman–Crippen MR) is 74.7 cm³/mol. The third-order valence-corrected chi connectivity index (χ3v) is 4.28. The van der Waals surface area contributed by atoms with E-state index >= 15 is 0 Å². The van der Waals surface area contributed by atoms with Gasteiger partial charge in [0.15, 0.2) is 4.90 Å². The number of benzene rings is 1. The molecule has 9 nitrogen and oxygen atoms in total. The monoisotopic (exact) mass is 311 g/mol. The van der Waals surface area contributed by atoms with Crippen LogP contribution in [0.5, 0.6) is 0 Å². The number of anilines is 1. The summed E-state index contributed by atoms with van der Waals surface area (Å²) in [4.78, 5) is 9.74. The molecule has 0 amide bonds. The van der Waals surface area contributed by atoms with Crippen LogP contribution < -0.4 is 10.5 Å². The summed E-state index contributed by atoms with van der Waals surface area (Å²) in [7, 11) is -2.37. The van der Waals surface area contributed by atoms with Crippen LogP contribution in [0.15, 0.2) is 35.4 Å². The lowest BCUT2D eigenvalue weighted by Crippen LogP contribution is -2.25. The number of sulfonamides is 1. The van der Waals surface area contributed by atoms with Crippen molar-refractivity contribution in [3.8, 4) is 0 Å². The average Bonchev–Trinajstić information content (AvgIpc) is 2.81. The number of hydrogen-bond acceptors (Lipinski definition) is 6. The van der Waals surface area contributed by atoms with Gasteiger partial charge in [-0.3, -0.25) is 14.8 Å². The maximum absolute atomic E-state index is 12.2. The van der Waals surface area contributed by atoms with E-state index in [2.05, 4.69) is 9.82 Å². The first-order chi connectivity index (χ1) is 9.81. The van der Waals surface area contributed by atoms with Gasteiger partial charge in [-0.25, -0.2) is 13.1 Å². The van der Waals surface area contributed by atoms with E-state index < -0.39 is 25.5 Å². The van der Waals surface area contributed by atoms with Crippen molar-refractivity contribution in [1.29, 1.82) is 0 Å². The summed E-state index contributed by atoms with van der Waals surface area (Å²) in [6.07, 6.45) is 1.52. The van der Waals surface area contributed by atoms with Crippen molar-refractivity contribution in [2.75, 3.05) is 5.73 Å². The first kappa shape index (κ1) is 14.9. The smallest absolute Gasteiger partial charge is 0.291 e. The quantitative estimate of drug-likeness (QED) is 0.466. The molecule has 112 valence electrons. The molecule has 0 aliphatic carbocycles. The molecule has 0 unspecified atom stereocenters. The lowest BCUT2D eigenvalue weighted by atomic mass is 10.3. The van der Waals surface area contributed by atoms with Crippen LogP contribution in [0.25, 0.3) is 0 Å². The number of nitro benzene ring substituents is 1. The van der Waals surface area contributed by atoms with Gasteiger partial charge in [-0.2, -0.15) is 5.10 Å². The van der Waals surface area contributed by atoms with Gasteiger partial charge in [0, 0.05) is 25.0 Å². The number of nitrogens with one attached hydrogen (secondary N) is 1. The number of rotatable bonds is 5. The van der Waals surface area contributed by atoms with Gasteiger partial charge in [0.1, 0.15) is 0 Å². The zero-order valence-corrected chi connectivity index (χ0v) is 11.9. The Hall–Kier alpha value is -2.46. The van der Waals surface area contributed by atoms with Crippen LogP contribution in [0.3, 0.4) is 0 Å². The Morgan fingerprint density at radius 3 is 2.71 bits per heavy atom. The molecule has 0 aliphatic rings. The highest BCUT2D eigenvalue weighted by Gasteiger charge is 2.25. The zero-order chi connectivity index (χ0) is 15.6. The largest absolute Gasteiger partial charge is 0.399 e. The minimum Gasteiger partial charge on any atom is -0.399 e. The lowest BCUT2D eigenvalue weighted by Gasteiger charge is -2.08. The van der Waals surface area contributed by atoms with E-state index in [-0.39, 0.29) is 12.2 Å². The van der Waals surface area contributed by atoms with Gasteiger partial charge in [0.2, 0.25) is 10.0 Å². The molecule has 21 heavy (non-hydrogen) atoms. The first-order valence-corrected chi connectivity index (χ1v) is 7.30. The molecule has 0 aliphatic heterocycles.